The molecule has 0 aliphatic carbocycles. The summed E-state index contributed by atoms with van der Waals surface area (Å²) in [7, 11) is 0. The molecule has 0 radical (unpaired) electrons. The predicted octanol–water partition coefficient (Wildman–Crippen LogP) is 8.57. The highest BCUT2D eigenvalue weighted by Gasteiger charge is 2.42. The number of hydrogen-bond donors (Lipinski definition) is 1. The Morgan fingerprint density at radius 1 is 0.953 bits per heavy atom. The van der Waals surface area contributed by atoms with Crippen molar-refractivity contribution in [1.29, 1.82) is 0 Å². The van der Waals surface area contributed by atoms with E-state index < -0.39 is 11.7 Å². The largest absolute Gasteiger partial charge is 0.416 e. The molecule has 4 heterocycles. The van der Waals surface area contributed by atoms with Crippen LogP contribution >= 0.6 is 23.8 Å². The van der Waals surface area contributed by atoms with Crippen molar-refractivity contribution in [3.8, 4) is 5.69 Å². The smallest absolute Gasteiger partial charge is 0.370 e. The summed E-state index contributed by atoms with van der Waals surface area (Å²) in [5.41, 5.74) is 5.00. The normalized spacial score (nSPS) is 19.7. The Morgan fingerprint density at radius 3 is 2.40 bits per heavy atom. The van der Waals surface area contributed by atoms with Gasteiger partial charge in [0.25, 0.3) is 0 Å². The van der Waals surface area contributed by atoms with Gasteiger partial charge in [-0.2, -0.15) is 13.2 Å². The van der Waals surface area contributed by atoms with Gasteiger partial charge in [0.1, 0.15) is 0 Å². The topological polar surface area (TPSA) is 36.3 Å². The van der Waals surface area contributed by atoms with E-state index in [0.717, 1.165) is 66.0 Å². The van der Waals surface area contributed by atoms with E-state index >= 15 is 0 Å². The van der Waals surface area contributed by atoms with E-state index in [4.69, 9.17) is 23.8 Å². The summed E-state index contributed by atoms with van der Waals surface area (Å²) in [6, 6.07) is 18.7. The molecule has 1 N–H and O–H groups in total. The Labute approximate surface area is 260 Å². The minimum Gasteiger partial charge on any atom is -0.370 e. The van der Waals surface area contributed by atoms with Crippen LogP contribution in [0.2, 0.25) is 5.02 Å². The molecule has 0 saturated carbocycles. The highest BCUT2D eigenvalue weighted by atomic mass is 35.5. The van der Waals surface area contributed by atoms with E-state index in [1.807, 2.05) is 54.8 Å². The van der Waals surface area contributed by atoms with Gasteiger partial charge in [-0.25, -0.2) is 0 Å². The number of thiocarbonyl (C=S) groups is 1. The number of benzene rings is 2. The van der Waals surface area contributed by atoms with Crippen molar-refractivity contribution in [3.63, 3.8) is 0 Å². The van der Waals surface area contributed by atoms with Gasteiger partial charge in [0.05, 0.1) is 34.1 Å². The number of rotatable bonds is 5. The van der Waals surface area contributed by atoms with Gasteiger partial charge in [-0.05, 0) is 105 Å². The van der Waals surface area contributed by atoms with Crippen molar-refractivity contribution in [2.24, 2.45) is 5.92 Å². The second kappa shape index (κ2) is 11.5. The molecular formula is C33H33ClF3N5S. The SMILES string of the molecule is Cc1cc([C@@H]2[C@@H](c3ccccn3)NC(=S)N2c2ccc(N3CCC(C)CC3)c(Cl)c2)c(C)n1-c1cccc(C(F)(F)F)c1. The van der Waals surface area contributed by atoms with Crippen LogP contribution in [0.1, 0.15) is 60.1 Å². The van der Waals surface area contributed by atoms with Crippen LogP contribution in [0, 0.1) is 19.8 Å². The van der Waals surface area contributed by atoms with Crippen molar-refractivity contribution in [2.75, 3.05) is 22.9 Å². The second-order valence-corrected chi connectivity index (χ2v) is 12.3. The lowest BCUT2D eigenvalue weighted by Gasteiger charge is -2.33. The Balaban J connectivity index is 1.44. The minimum atomic E-state index is -4.44. The summed E-state index contributed by atoms with van der Waals surface area (Å²) >= 11 is 12.9. The Hall–Kier alpha value is -3.56. The minimum absolute atomic E-state index is 0.300. The monoisotopic (exact) mass is 623 g/mol. The molecule has 4 aromatic rings. The van der Waals surface area contributed by atoms with Crippen molar-refractivity contribution in [1.82, 2.24) is 14.9 Å². The molecule has 2 atom stereocenters. The van der Waals surface area contributed by atoms with Crippen LogP contribution in [0.15, 0.2) is 72.9 Å². The number of nitrogens with one attached hydrogen (secondary N) is 1. The summed E-state index contributed by atoms with van der Waals surface area (Å²) < 4.78 is 42.7. The van der Waals surface area contributed by atoms with Gasteiger partial charge in [0.15, 0.2) is 5.11 Å². The highest BCUT2D eigenvalue weighted by Crippen LogP contribution is 2.45. The molecule has 224 valence electrons. The van der Waals surface area contributed by atoms with Crippen LogP contribution in [0.25, 0.3) is 5.69 Å². The maximum atomic E-state index is 13.6. The third kappa shape index (κ3) is 5.60. The summed E-state index contributed by atoms with van der Waals surface area (Å²) in [5.74, 6) is 0.710. The van der Waals surface area contributed by atoms with E-state index in [0.29, 0.717) is 21.7 Å². The fraction of sp³-hybridized carbons (Fsp3) is 0.333. The number of aryl methyl sites for hydroxylation is 1. The van der Waals surface area contributed by atoms with Gasteiger partial charge >= 0.3 is 6.18 Å². The Morgan fingerprint density at radius 2 is 1.72 bits per heavy atom. The van der Waals surface area contributed by atoms with Crippen LogP contribution in [0.5, 0.6) is 0 Å². The molecule has 2 saturated heterocycles. The van der Waals surface area contributed by atoms with Crippen molar-refractivity contribution < 1.29 is 13.2 Å². The van der Waals surface area contributed by atoms with Gasteiger partial charge in [0, 0.05) is 42.0 Å². The van der Waals surface area contributed by atoms with E-state index in [9.17, 15) is 13.2 Å². The molecule has 0 bridgehead atoms. The van der Waals surface area contributed by atoms with Crippen LogP contribution in [-0.2, 0) is 6.18 Å². The number of aromatic nitrogens is 2. The first kappa shape index (κ1) is 29.5. The standard InChI is InChI=1S/C33H33ClF3N5S/c1-20-12-15-40(16-13-20)29-11-10-25(19-27(29)34)42-31(30(39-32(42)43)28-9-4-5-14-38-28)26-17-21(2)41(22(26)3)24-8-6-7-23(18-24)33(35,36)37/h4-11,14,17-20,30-31H,12-13,15-16H2,1-3H3,(H,39,43)/t30-,31-/m1/s1. The van der Waals surface area contributed by atoms with E-state index in [1.165, 1.54) is 12.1 Å². The van der Waals surface area contributed by atoms with Gasteiger partial charge in [-0.1, -0.05) is 30.7 Å². The molecule has 2 fully saturated rings. The number of piperidine rings is 1. The van der Waals surface area contributed by atoms with Crippen LogP contribution in [0.4, 0.5) is 24.5 Å². The second-order valence-electron chi connectivity index (χ2n) is 11.5. The predicted molar refractivity (Wildman–Crippen MR) is 170 cm³/mol. The van der Waals surface area contributed by atoms with Crippen molar-refractivity contribution >= 4 is 40.3 Å². The zero-order valence-corrected chi connectivity index (χ0v) is 25.8. The first-order valence-corrected chi connectivity index (χ1v) is 15.2. The molecule has 2 aliphatic rings. The summed E-state index contributed by atoms with van der Waals surface area (Å²) in [6.45, 7) is 8.06. The number of pyridine rings is 1. The molecule has 0 unspecified atom stereocenters. The average molecular weight is 624 g/mol. The quantitative estimate of drug-likeness (QED) is 0.225. The summed E-state index contributed by atoms with van der Waals surface area (Å²) in [5, 5.41) is 4.66. The fourth-order valence-corrected chi connectivity index (χ4v) is 7.05. The molecule has 0 spiro atoms. The third-order valence-corrected chi connectivity index (χ3v) is 9.27. The molecular weight excluding hydrogens is 591 g/mol. The van der Waals surface area contributed by atoms with E-state index in [1.54, 1.807) is 12.3 Å². The molecule has 43 heavy (non-hydrogen) atoms. The number of nitrogens with zero attached hydrogens (tertiary/aromatic N) is 4. The molecule has 6 rings (SSSR count). The van der Waals surface area contributed by atoms with Crippen LogP contribution < -0.4 is 15.1 Å². The summed E-state index contributed by atoms with van der Waals surface area (Å²) in [6.07, 6.45) is -0.425. The van der Waals surface area contributed by atoms with Gasteiger partial charge < -0.3 is 19.7 Å². The Kier molecular flexibility index (Phi) is 7.89. The molecule has 2 aromatic carbocycles. The lowest BCUT2D eigenvalue weighted by molar-refractivity contribution is -0.137. The zero-order chi connectivity index (χ0) is 30.5. The number of anilines is 2. The first-order valence-electron chi connectivity index (χ1n) is 14.4. The van der Waals surface area contributed by atoms with E-state index in [-0.39, 0.29) is 12.1 Å². The number of halogens is 4. The highest BCUT2D eigenvalue weighted by molar-refractivity contribution is 7.80. The maximum absolute atomic E-state index is 13.6. The number of alkyl halides is 3. The average Bonchev–Trinajstić information content (AvgIpc) is 3.48. The zero-order valence-electron chi connectivity index (χ0n) is 24.2. The lowest BCUT2D eigenvalue weighted by Crippen LogP contribution is -2.33. The molecule has 2 aromatic heterocycles. The first-order chi connectivity index (χ1) is 20.5. The van der Waals surface area contributed by atoms with Crippen LogP contribution in [0.3, 0.4) is 0 Å². The molecule has 2 aliphatic heterocycles. The van der Waals surface area contributed by atoms with Gasteiger partial charge in [-0.15, -0.1) is 0 Å². The molecule has 0 amide bonds. The molecule has 10 heteroatoms. The molecule has 5 nitrogen and oxygen atoms in total. The van der Waals surface area contributed by atoms with Gasteiger partial charge in [0.2, 0.25) is 0 Å². The third-order valence-electron chi connectivity index (χ3n) is 8.65. The fourth-order valence-electron chi connectivity index (χ4n) is 6.41. The van der Waals surface area contributed by atoms with E-state index in [2.05, 4.69) is 33.1 Å². The van der Waals surface area contributed by atoms with Gasteiger partial charge in [-0.3, -0.25) is 4.98 Å². The van der Waals surface area contributed by atoms with Crippen molar-refractivity contribution in [2.45, 2.75) is 51.9 Å². The Bertz CT molecular complexity index is 1650. The van der Waals surface area contributed by atoms with Crippen LogP contribution in [-0.4, -0.2) is 27.8 Å². The summed E-state index contributed by atoms with van der Waals surface area (Å²) in [4.78, 5) is 9.03. The lowest BCUT2D eigenvalue weighted by atomic mass is 9.96. The number of hydrogen-bond acceptors (Lipinski definition) is 3. The van der Waals surface area contributed by atoms with Crippen molar-refractivity contribution in [3.05, 3.63) is 106 Å². The maximum Gasteiger partial charge on any atom is 0.416 e.